The molecule has 2 N–H and O–H groups in total. The average Bonchev–Trinajstić information content (AvgIpc) is 2.97. The third-order valence-corrected chi connectivity index (χ3v) is 5.82. The van der Waals surface area contributed by atoms with Gasteiger partial charge in [0.05, 0.1) is 6.54 Å². The maximum atomic E-state index is 12.3. The van der Waals surface area contributed by atoms with Gasteiger partial charge in [-0.15, -0.1) is 0 Å². The number of nitrogens with one attached hydrogen (secondary N) is 2. The Hall–Kier alpha value is -0.850. The number of hydrogen-bond acceptors (Lipinski definition) is 4. The van der Waals surface area contributed by atoms with Crippen LogP contribution in [0.4, 0.5) is 0 Å². The molecule has 0 saturated heterocycles. The van der Waals surface area contributed by atoms with Gasteiger partial charge in [-0.05, 0) is 43.2 Å². The van der Waals surface area contributed by atoms with Crippen molar-refractivity contribution in [2.24, 2.45) is 5.41 Å². The van der Waals surface area contributed by atoms with Crippen molar-refractivity contribution in [3.63, 3.8) is 0 Å². The monoisotopic (exact) mass is 312 g/mol. The van der Waals surface area contributed by atoms with Crippen LogP contribution in [0.25, 0.3) is 0 Å². The van der Waals surface area contributed by atoms with Gasteiger partial charge in [-0.3, -0.25) is 0 Å². The van der Waals surface area contributed by atoms with Crippen LogP contribution in [0.15, 0.2) is 21.6 Å². The molecule has 1 heterocycles. The molecule has 0 amide bonds. The lowest BCUT2D eigenvalue weighted by Gasteiger charge is -2.23. The van der Waals surface area contributed by atoms with Crippen LogP contribution in [-0.2, 0) is 16.6 Å². The zero-order valence-corrected chi connectivity index (χ0v) is 13.3. The number of rotatable bonds is 7. The summed E-state index contributed by atoms with van der Waals surface area (Å²) in [6, 6.07) is 3.86. The van der Waals surface area contributed by atoms with Crippen LogP contribution >= 0.6 is 0 Å². The van der Waals surface area contributed by atoms with E-state index in [1.165, 1.54) is 25.7 Å². The molecule has 2 saturated carbocycles. The van der Waals surface area contributed by atoms with Crippen LogP contribution in [0.3, 0.4) is 0 Å². The smallest absolute Gasteiger partial charge is 0.273 e. The zero-order valence-electron chi connectivity index (χ0n) is 12.5. The second-order valence-electron chi connectivity index (χ2n) is 6.72. The van der Waals surface area contributed by atoms with Crippen molar-refractivity contribution in [1.29, 1.82) is 0 Å². The minimum atomic E-state index is -3.53. The van der Waals surface area contributed by atoms with Gasteiger partial charge >= 0.3 is 0 Å². The van der Waals surface area contributed by atoms with E-state index in [2.05, 4.69) is 17.0 Å². The molecule has 0 spiro atoms. The molecule has 2 aliphatic rings. The van der Waals surface area contributed by atoms with Crippen molar-refractivity contribution >= 4 is 10.0 Å². The molecule has 21 heavy (non-hydrogen) atoms. The summed E-state index contributed by atoms with van der Waals surface area (Å²) >= 11 is 0. The highest BCUT2D eigenvalue weighted by molar-refractivity contribution is 7.89. The van der Waals surface area contributed by atoms with E-state index in [-0.39, 0.29) is 10.5 Å². The van der Waals surface area contributed by atoms with E-state index in [1.807, 2.05) is 0 Å². The Balaban J connectivity index is 1.58. The Labute approximate surface area is 126 Å². The van der Waals surface area contributed by atoms with Crippen molar-refractivity contribution in [2.45, 2.75) is 63.1 Å². The van der Waals surface area contributed by atoms with E-state index in [9.17, 15) is 8.42 Å². The largest absolute Gasteiger partial charge is 0.447 e. The first-order chi connectivity index (χ1) is 9.97. The Morgan fingerprint density at radius 1 is 1.29 bits per heavy atom. The fourth-order valence-electron chi connectivity index (χ4n) is 2.88. The minimum absolute atomic E-state index is 0.0247. The Bertz CT molecular complexity index is 584. The Morgan fingerprint density at radius 2 is 2.00 bits per heavy atom. The number of sulfonamides is 1. The summed E-state index contributed by atoms with van der Waals surface area (Å²) in [5.41, 5.74) is 0.0933. The van der Waals surface area contributed by atoms with Gasteiger partial charge in [-0.25, -0.2) is 13.1 Å². The van der Waals surface area contributed by atoms with Crippen molar-refractivity contribution in [3.8, 4) is 0 Å². The van der Waals surface area contributed by atoms with Crippen molar-refractivity contribution in [3.05, 3.63) is 17.9 Å². The zero-order chi connectivity index (χ0) is 14.9. The molecule has 0 radical (unpaired) electrons. The molecule has 118 valence electrons. The van der Waals surface area contributed by atoms with Gasteiger partial charge in [0, 0.05) is 12.6 Å². The lowest BCUT2D eigenvalue weighted by atomic mass is 9.89. The number of hydrogen-bond donors (Lipinski definition) is 2. The molecular formula is C15H24N2O3S. The Morgan fingerprint density at radius 3 is 2.67 bits per heavy atom. The molecule has 3 rings (SSSR count). The van der Waals surface area contributed by atoms with Gasteiger partial charge in [-0.1, -0.05) is 19.8 Å². The normalized spacial score (nSPS) is 21.8. The van der Waals surface area contributed by atoms with E-state index in [1.54, 1.807) is 12.1 Å². The molecule has 0 aromatic carbocycles. The van der Waals surface area contributed by atoms with Crippen LogP contribution < -0.4 is 10.0 Å². The van der Waals surface area contributed by atoms with Gasteiger partial charge in [0.15, 0.2) is 0 Å². The summed E-state index contributed by atoms with van der Waals surface area (Å²) in [5, 5.41) is 3.34. The average molecular weight is 312 g/mol. The second-order valence-corrected chi connectivity index (χ2v) is 8.42. The van der Waals surface area contributed by atoms with Crippen molar-refractivity contribution in [1.82, 2.24) is 10.0 Å². The van der Waals surface area contributed by atoms with Gasteiger partial charge < -0.3 is 9.73 Å². The molecular weight excluding hydrogens is 288 g/mol. The molecule has 0 bridgehead atoms. The molecule has 1 aromatic heterocycles. The fourth-order valence-corrected chi connectivity index (χ4v) is 4.02. The van der Waals surface area contributed by atoms with Crippen LogP contribution in [-0.4, -0.2) is 21.0 Å². The van der Waals surface area contributed by atoms with Crippen LogP contribution in [0, 0.1) is 5.41 Å². The van der Waals surface area contributed by atoms with Crippen molar-refractivity contribution < 1.29 is 12.8 Å². The third kappa shape index (κ3) is 3.87. The van der Waals surface area contributed by atoms with E-state index < -0.39 is 10.0 Å². The second kappa shape index (κ2) is 5.74. The third-order valence-electron chi connectivity index (χ3n) is 4.54. The first kappa shape index (κ1) is 15.1. The van der Waals surface area contributed by atoms with Gasteiger partial charge in [-0.2, -0.15) is 0 Å². The van der Waals surface area contributed by atoms with E-state index in [4.69, 9.17) is 4.42 Å². The fraction of sp³-hybridized carbons (Fsp3) is 0.733. The predicted octanol–water partition coefficient (Wildman–Crippen LogP) is 2.39. The van der Waals surface area contributed by atoms with Gasteiger partial charge in [0.2, 0.25) is 5.09 Å². The van der Waals surface area contributed by atoms with E-state index >= 15 is 0 Å². The summed E-state index contributed by atoms with van der Waals surface area (Å²) in [7, 11) is -3.53. The number of furan rings is 1. The minimum Gasteiger partial charge on any atom is -0.447 e. The summed E-state index contributed by atoms with van der Waals surface area (Å²) in [6.45, 7) is 3.24. The summed E-state index contributed by atoms with van der Waals surface area (Å²) in [5.74, 6) is 0.675. The highest BCUT2D eigenvalue weighted by Gasteiger charge is 2.31. The highest BCUT2D eigenvalue weighted by atomic mass is 32.2. The summed E-state index contributed by atoms with van der Waals surface area (Å²) < 4.78 is 32.7. The van der Waals surface area contributed by atoms with Crippen molar-refractivity contribution in [2.75, 3.05) is 6.54 Å². The van der Waals surface area contributed by atoms with Crippen LogP contribution in [0.2, 0.25) is 0 Å². The van der Waals surface area contributed by atoms with Gasteiger partial charge in [0.25, 0.3) is 10.0 Å². The molecule has 6 heteroatoms. The maximum Gasteiger partial charge on any atom is 0.273 e. The SMILES string of the molecule is CC1(CNS(=O)(=O)c2ccc(CNC3CC3)o2)CCCC1. The first-order valence-corrected chi connectivity index (χ1v) is 9.27. The quantitative estimate of drug-likeness (QED) is 0.811. The molecule has 2 fully saturated rings. The van der Waals surface area contributed by atoms with Crippen LogP contribution in [0.5, 0.6) is 0 Å². The molecule has 2 aliphatic carbocycles. The lowest BCUT2D eigenvalue weighted by Crippen LogP contribution is -2.33. The molecule has 0 aliphatic heterocycles. The Kier molecular flexibility index (Phi) is 4.12. The highest BCUT2D eigenvalue weighted by Crippen LogP contribution is 2.37. The topological polar surface area (TPSA) is 71.3 Å². The standard InChI is InChI=1S/C15H24N2O3S/c1-15(8-2-3-9-15)11-17-21(18,19)14-7-6-13(20-14)10-16-12-4-5-12/h6-7,12,16-17H,2-5,8-11H2,1H3. The van der Waals surface area contributed by atoms with E-state index in [0.29, 0.717) is 24.9 Å². The molecule has 0 unspecified atom stereocenters. The molecule has 5 nitrogen and oxygen atoms in total. The van der Waals surface area contributed by atoms with E-state index in [0.717, 1.165) is 12.8 Å². The van der Waals surface area contributed by atoms with Crippen LogP contribution in [0.1, 0.15) is 51.2 Å². The summed E-state index contributed by atoms with van der Waals surface area (Å²) in [4.78, 5) is 0. The lowest BCUT2D eigenvalue weighted by molar-refractivity contribution is 0.333. The molecule has 1 aromatic rings. The summed E-state index contributed by atoms with van der Waals surface area (Å²) in [6.07, 6.45) is 6.96. The predicted molar refractivity (Wildman–Crippen MR) is 80.3 cm³/mol. The maximum absolute atomic E-state index is 12.3. The molecule has 0 atom stereocenters. The first-order valence-electron chi connectivity index (χ1n) is 7.79. The van der Waals surface area contributed by atoms with Gasteiger partial charge in [0.1, 0.15) is 5.76 Å².